The van der Waals surface area contributed by atoms with E-state index >= 15 is 0 Å². The summed E-state index contributed by atoms with van der Waals surface area (Å²) in [5, 5.41) is 0. The molecule has 0 radical (unpaired) electrons. The Hall–Kier alpha value is -0.120. The fourth-order valence-electron chi connectivity index (χ4n) is 1.75. The normalized spacial score (nSPS) is 18.2. The topological polar surface area (TPSA) is 21.7 Å². The van der Waals surface area contributed by atoms with Crippen LogP contribution in [-0.4, -0.2) is 51.0 Å². The van der Waals surface area contributed by atoms with E-state index in [-0.39, 0.29) is 0 Å². The molecule has 0 unspecified atom stereocenters. The van der Waals surface area contributed by atoms with Gasteiger partial charge in [0.15, 0.2) is 0 Å². The highest BCUT2D eigenvalue weighted by molar-refractivity contribution is 4.60. The molecule has 0 aromatic heterocycles. The predicted molar refractivity (Wildman–Crippen MR) is 62.2 cm³/mol. The number of rotatable bonds is 8. The molecule has 15 heavy (non-hydrogen) atoms. The van der Waals surface area contributed by atoms with Gasteiger partial charge in [-0.25, -0.2) is 0 Å². The summed E-state index contributed by atoms with van der Waals surface area (Å²) in [6.45, 7) is 9.03. The molecule has 0 aromatic rings. The summed E-state index contributed by atoms with van der Waals surface area (Å²) < 4.78 is 10.9. The van der Waals surface area contributed by atoms with Gasteiger partial charge in [0, 0.05) is 26.2 Å². The van der Waals surface area contributed by atoms with E-state index in [2.05, 4.69) is 11.8 Å². The van der Waals surface area contributed by atoms with Crippen molar-refractivity contribution in [3.63, 3.8) is 0 Å². The summed E-state index contributed by atoms with van der Waals surface area (Å²) in [5.74, 6) is 0. The molecular weight excluding hydrogens is 190 g/mol. The molecule has 1 fully saturated rings. The van der Waals surface area contributed by atoms with Gasteiger partial charge in [-0.15, -0.1) is 0 Å². The Bertz CT molecular complexity index is 136. The lowest BCUT2D eigenvalue weighted by Gasteiger charge is -2.26. The first-order valence-corrected chi connectivity index (χ1v) is 6.31. The fraction of sp³-hybridized carbons (Fsp3) is 1.00. The van der Waals surface area contributed by atoms with Crippen molar-refractivity contribution >= 4 is 0 Å². The minimum Gasteiger partial charge on any atom is -0.380 e. The third-order valence-electron chi connectivity index (χ3n) is 2.80. The summed E-state index contributed by atoms with van der Waals surface area (Å²) >= 11 is 0. The van der Waals surface area contributed by atoms with Crippen LogP contribution >= 0.6 is 0 Å². The Labute approximate surface area is 93.7 Å². The van der Waals surface area contributed by atoms with Crippen LogP contribution < -0.4 is 0 Å². The van der Waals surface area contributed by atoms with Gasteiger partial charge in [-0.1, -0.05) is 26.2 Å². The van der Waals surface area contributed by atoms with Gasteiger partial charge in [-0.05, 0) is 6.42 Å². The first-order valence-electron chi connectivity index (χ1n) is 6.31. The monoisotopic (exact) mass is 215 g/mol. The molecule has 0 aromatic carbocycles. The Balaban J connectivity index is 1.79. The number of morpholine rings is 1. The second-order valence-electron chi connectivity index (χ2n) is 4.13. The molecule has 0 bridgehead atoms. The molecule has 0 spiro atoms. The van der Waals surface area contributed by atoms with Crippen LogP contribution in [0.1, 0.15) is 32.6 Å². The zero-order chi connectivity index (χ0) is 10.8. The average molecular weight is 215 g/mol. The van der Waals surface area contributed by atoms with E-state index in [0.29, 0.717) is 0 Å². The quantitative estimate of drug-likeness (QED) is 0.577. The highest BCUT2D eigenvalue weighted by Crippen LogP contribution is 1.99. The first kappa shape index (κ1) is 12.9. The Morgan fingerprint density at radius 2 is 1.87 bits per heavy atom. The highest BCUT2D eigenvalue weighted by Gasteiger charge is 2.08. The lowest BCUT2D eigenvalue weighted by molar-refractivity contribution is 0.0200. The van der Waals surface area contributed by atoms with Crippen LogP contribution in [0.25, 0.3) is 0 Å². The van der Waals surface area contributed by atoms with Crippen LogP contribution in [0.15, 0.2) is 0 Å². The lowest BCUT2D eigenvalue weighted by Crippen LogP contribution is -2.38. The molecular formula is C12H25NO2. The Kier molecular flexibility index (Phi) is 7.88. The number of hydrogen-bond acceptors (Lipinski definition) is 3. The van der Waals surface area contributed by atoms with Crippen molar-refractivity contribution in [1.82, 2.24) is 4.90 Å². The van der Waals surface area contributed by atoms with Gasteiger partial charge in [-0.3, -0.25) is 4.90 Å². The third kappa shape index (κ3) is 6.88. The van der Waals surface area contributed by atoms with E-state index in [4.69, 9.17) is 9.47 Å². The molecule has 3 nitrogen and oxygen atoms in total. The van der Waals surface area contributed by atoms with Gasteiger partial charge in [-0.2, -0.15) is 0 Å². The van der Waals surface area contributed by atoms with E-state index in [1.165, 1.54) is 25.7 Å². The van der Waals surface area contributed by atoms with Crippen molar-refractivity contribution in [1.29, 1.82) is 0 Å². The van der Waals surface area contributed by atoms with Gasteiger partial charge in [0.1, 0.15) is 0 Å². The van der Waals surface area contributed by atoms with Gasteiger partial charge in [0.2, 0.25) is 0 Å². The number of ether oxygens (including phenoxy) is 2. The first-order chi connectivity index (χ1) is 7.43. The van der Waals surface area contributed by atoms with Crippen molar-refractivity contribution < 1.29 is 9.47 Å². The summed E-state index contributed by atoms with van der Waals surface area (Å²) in [4.78, 5) is 2.41. The maximum atomic E-state index is 5.60. The molecule has 1 saturated heterocycles. The Morgan fingerprint density at radius 1 is 1.07 bits per heavy atom. The molecule has 0 N–H and O–H groups in total. The molecule has 90 valence electrons. The van der Waals surface area contributed by atoms with E-state index in [1.807, 2.05) is 0 Å². The predicted octanol–water partition coefficient (Wildman–Crippen LogP) is 1.92. The van der Waals surface area contributed by atoms with Crippen molar-refractivity contribution in [2.75, 3.05) is 46.1 Å². The molecule has 0 atom stereocenters. The molecule has 1 aliphatic rings. The molecule has 1 aliphatic heterocycles. The van der Waals surface area contributed by atoms with Crippen LogP contribution in [0.5, 0.6) is 0 Å². The highest BCUT2D eigenvalue weighted by atomic mass is 16.5. The van der Waals surface area contributed by atoms with Crippen LogP contribution in [-0.2, 0) is 9.47 Å². The molecule has 3 heteroatoms. The molecule has 0 aliphatic carbocycles. The second kappa shape index (κ2) is 9.13. The summed E-state index contributed by atoms with van der Waals surface area (Å²) in [5.41, 5.74) is 0. The largest absolute Gasteiger partial charge is 0.380 e. The summed E-state index contributed by atoms with van der Waals surface area (Å²) in [7, 11) is 0. The van der Waals surface area contributed by atoms with Crippen LogP contribution in [0.4, 0.5) is 0 Å². The van der Waals surface area contributed by atoms with Gasteiger partial charge < -0.3 is 9.47 Å². The van der Waals surface area contributed by atoms with Crippen molar-refractivity contribution in [3.8, 4) is 0 Å². The molecule has 1 heterocycles. The van der Waals surface area contributed by atoms with Crippen molar-refractivity contribution in [2.45, 2.75) is 32.6 Å². The van der Waals surface area contributed by atoms with Crippen LogP contribution in [0.3, 0.4) is 0 Å². The van der Waals surface area contributed by atoms with E-state index < -0.39 is 0 Å². The molecule has 0 amide bonds. The fourth-order valence-corrected chi connectivity index (χ4v) is 1.75. The van der Waals surface area contributed by atoms with E-state index in [1.54, 1.807) is 0 Å². The zero-order valence-corrected chi connectivity index (χ0v) is 10.0. The summed E-state index contributed by atoms with van der Waals surface area (Å²) in [6, 6.07) is 0. The van der Waals surface area contributed by atoms with Gasteiger partial charge >= 0.3 is 0 Å². The van der Waals surface area contributed by atoms with Gasteiger partial charge in [0.05, 0.1) is 19.8 Å². The van der Waals surface area contributed by atoms with E-state index in [9.17, 15) is 0 Å². The van der Waals surface area contributed by atoms with Crippen LogP contribution in [0, 0.1) is 0 Å². The maximum absolute atomic E-state index is 5.60. The SMILES string of the molecule is CCCCCCOCCN1CCOCC1. The molecule has 0 saturated carbocycles. The number of nitrogens with zero attached hydrogens (tertiary/aromatic N) is 1. The second-order valence-corrected chi connectivity index (χ2v) is 4.13. The van der Waals surface area contributed by atoms with Gasteiger partial charge in [0.25, 0.3) is 0 Å². The smallest absolute Gasteiger partial charge is 0.0594 e. The standard InChI is InChI=1S/C12H25NO2/c1-2-3-4-5-9-14-10-6-13-7-11-15-12-8-13/h2-12H2,1H3. The minimum absolute atomic E-state index is 0.881. The number of hydrogen-bond donors (Lipinski definition) is 0. The molecule has 1 rings (SSSR count). The Morgan fingerprint density at radius 3 is 2.60 bits per heavy atom. The van der Waals surface area contributed by atoms with E-state index in [0.717, 1.165) is 46.1 Å². The average Bonchev–Trinajstić information content (AvgIpc) is 2.29. The number of unbranched alkanes of at least 4 members (excludes halogenated alkanes) is 3. The maximum Gasteiger partial charge on any atom is 0.0594 e. The van der Waals surface area contributed by atoms with Crippen molar-refractivity contribution in [2.24, 2.45) is 0 Å². The minimum atomic E-state index is 0.881. The van der Waals surface area contributed by atoms with Crippen LogP contribution in [0.2, 0.25) is 0 Å². The third-order valence-corrected chi connectivity index (χ3v) is 2.80. The zero-order valence-electron chi connectivity index (χ0n) is 10.0. The lowest BCUT2D eigenvalue weighted by atomic mass is 10.2. The summed E-state index contributed by atoms with van der Waals surface area (Å²) in [6.07, 6.45) is 5.17. The van der Waals surface area contributed by atoms with Crippen molar-refractivity contribution in [3.05, 3.63) is 0 Å².